The third-order valence-corrected chi connectivity index (χ3v) is 3.76. The predicted molar refractivity (Wildman–Crippen MR) is 82.3 cm³/mol. The second-order valence-electron chi connectivity index (χ2n) is 4.60. The first kappa shape index (κ1) is 13.9. The molecule has 0 atom stereocenters. The van der Waals surface area contributed by atoms with Crippen LogP contribution in [0.2, 0.25) is 0 Å². The molecule has 0 radical (unpaired) electrons. The number of nitrogens with one attached hydrogen (secondary N) is 1. The third kappa shape index (κ3) is 2.49. The normalized spacial score (nSPS) is 11.0. The van der Waals surface area contributed by atoms with Gasteiger partial charge >= 0.3 is 0 Å². The van der Waals surface area contributed by atoms with E-state index < -0.39 is 0 Å². The molecular weight excluding hydrogens is 337 g/mol. The van der Waals surface area contributed by atoms with E-state index in [1.54, 1.807) is 16.6 Å². The van der Waals surface area contributed by atoms with E-state index in [9.17, 15) is 4.39 Å². The standard InChI is InChI=1S/C14H13BrFN5/c1-3-10-8(2)19-14-17-7-18-21(14)13(10)20-12-5-4-9(15)6-11(12)16/h4-7,20H,3H2,1-2H3. The summed E-state index contributed by atoms with van der Waals surface area (Å²) in [5, 5.41) is 7.27. The number of hydrogen-bond donors (Lipinski definition) is 1. The molecule has 0 fully saturated rings. The summed E-state index contributed by atoms with van der Waals surface area (Å²) in [7, 11) is 0. The van der Waals surface area contributed by atoms with Crippen LogP contribution in [0.1, 0.15) is 18.2 Å². The number of anilines is 2. The van der Waals surface area contributed by atoms with E-state index in [4.69, 9.17) is 0 Å². The highest BCUT2D eigenvalue weighted by Gasteiger charge is 2.14. The molecule has 0 aliphatic carbocycles. The molecule has 0 bridgehead atoms. The van der Waals surface area contributed by atoms with Crippen LogP contribution in [0.4, 0.5) is 15.9 Å². The minimum Gasteiger partial charge on any atom is -0.337 e. The molecule has 0 saturated carbocycles. The monoisotopic (exact) mass is 349 g/mol. The van der Waals surface area contributed by atoms with Crippen molar-refractivity contribution in [1.82, 2.24) is 19.6 Å². The molecule has 0 aliphatic heterocycles. The summed E-state index contributed by atoms with van der Waals surface area (Å²) in [5.74, 6) is 0.845. The SMILES string of the molecule is CCc1c(C)nc2ncnn2c1Nc1ccc(Br)cc1F. The van der Waals surface area contributed by atoms with Crippen LogP contribution in [-0.4, -0.2) is 19.6 Å². The van der Waals surface area contributed by atoms with Crippen LogP contribution in [-0.2, 0) is 6.42 Å². The highest BCUT2D eigenvalue weighted by atomic mass is 79.9. The molecule has 3 rings (SSSR count). The Morgan fingerprint density at radius 1 is 1.38 bits per heavy atom. The molecule has 7 heteroatoms. The molecule has 3 aromatic rings. The topological polar surface area (TPSA) is 55.1 Å². The number of fused-ring (bicyclic) bond motifs is 1. The van der Waals surface area contributed by atoms with Gasteiger partial charge in [0.1, 0.15) is 18.0 Å². The number of benzene rings is 1. The smallest absolute Gasteiger partial charge is 0.254 e. The minimum atomic E-state index is -0.339. The Balaban J connectivity index is 2.16. The second-order valence-corrected chi connectivity index (χ2v) is 5.51. The van der Waals surface area contributed by atoms with Gasteiger partial charge in [0.2, 0.25) is 0 Å². The Morgan fingerprint density at radius 3 is 2.90 bits per heavy atom. The maximum atomic E-state index is 14.0. The van der Waals surface area contributed by atoms with E-state index in [1.165, 1.54) is 12.4 Å². The highest BCUT2D eigenvalue weighted by molar-refractivity contribution is 9.10. The zero-order valence-corrected chi connectivity index (χ0v) is 13.1. The van der Waals surface area contributed by atoms with Crippen LogP contribution in [0.25, 0.3) is 5.78 Å². The summed E-state index contributed by atoms with van der Waals surface area (Å²) in [6, 6.07) is 4.88. The summed E-state index contributed by atoms with van der Waals surface area (Å²) in [4.78, 5) is 8.49. The Hall–Kier alpha value is -2.02. The first-order chi connectivity index (χ1) is 10.1. The van der Waals surface area contributed by atoms with Crippen molar-refractivity contribution in [3.05, 3.63) is 46.1 Å². The molecule has 0 spiro atoms. The van der Waals surface area contributed by atoms with Crippen LogP contribution in [0.3, 0.4) is 0 Å². The quantitative estimate of drug-likeness (QED) is 0.784. The Labute approximate surface area is 129 Å². The Morgan fingerprint density at radius 2 is 2.19 bits per heavy atom. The van der Waals surface area contributed by atoms with Crippen LogP contribution in [0.15, 0.2) is 29.0 Å². The molecule has 2 aromatic heterocycles. The van der Waals surface area contributed by atoms with Crippen molar-refractivity contribution in [3.63, 3.8) is 0 Å². The summed E-state index contributed by atoms with van der Waals surface area (Å²) in [6.45, 7) is 3.94. The van der Waals surface area contributed by atoms with Crippen molar-refractivity contribution in [2.24, 2.45) is 0 Å². The van der Waals surface area contributed by atoms with E-state index in [0.29, 0.717) is 21.8 Å². The van der Waals surface area contributed by atoms with Crippen molar-refractivity contribution in [3.8, 4) is 0 Å². The second kappa shape index (κ2) is 5.40. The lowest BCUT2D eigenvalue weighted by Crippen LogP contribution is -2.09. The molecule has 108 valence electrons. The van der Waals surface area contributed by atoms with Gasteiger partial charge in [0.25, 0.3) is 5.78 Å². The predicted octanol–water partition coefficient (Wildman–Crippen LogP) is 3.64. The molecule has 5 nitrogen and oxygen atoms in total. The summed E-state index contributed by atoms with van der Waals surface area (Å²) in [6.07, 6.45) is 2.19. The fourth-order valence-electron chi connectivity index (χ4n) is 2.26. The lowest BCUT2D eigenvalue weighted by molar-refractivity contribution is 0.630. The molecule has 0 aliphatic rings. The van der Waals surface area contributed by atoms with Gasteiger partial charge in [-0.05, 0) is 31.5 Å². The Kier molecular flexibility index (Phi) is 3.59. The van der Waals surface area contributed by atoms with Crippen LogP contribution in [0.5, 0.6) is 0 Å². The maximum Gasteiger partial charge on any atom is 0.254 e. The van der Waals surface area contributed by atoms with E-state index in [0.717, 1.165) is 17.7 Å². The average molecular weight is 350 g/mol. The molecular formula is C14H13BrFN5. The average Bonchev–Trinajstić information content (AvgIpc) is 2.89. The molecule has 1 aromatic carbocycles. The molecule has 21 heavy (non-hydrogen) atoms. The number of rotatable bonds is 3. The number of aromatic nitrogens is 4. The first-order valence-corrected chi connectivity index (χ1v) is 7.30. The van der Waals surface area contributed by atoms with Gasteiger partial charge in [0.05, 0.1) is 5.69 Å². The first-order valence-electron chi connectivity index (χ1n) is 6.51. The van der Waals surface area contributed by atoms with Crippen molar-refractivity contribution < 1.29 is 4.39 Å². The van der Waals surface area contributed by atoms with E-state index >= 15 is 0 Å². The number of nitrogens with zero attached hydrogens (tertiary/aromatic N) is 4. The highest BCUT2D eigenvalue weighted by Crippen LogP contribution is 2.26. The number of halogens is 2. The van der Waals surface area contributed by atoms with Crippen LogP contribution in [0, 0.1) is 12.7 Å². The maximum absolute atomic E-state index is 14.0. The van der Waals surface area contributed by atoms with Gasteiger partial charge in [0, 0.05) is 15.7 Å². The van der Waals surface area contributed by atoms with E-state index in [-0.39, 0.29) is 5.82 Å². The van der Waals surface area contributed by atoms with Gasteiger partial charge in [-0.1, -0.05) is 22.9 Å². The largest absolute Gasteiger partial charge is 0.337 e. The Bertz CT molecular complexity index is 814. The molecule has 0 unspecified atom stereocenters. The van der Waals surface area contributed by atoms with Gasteiger partial charge in [-0.2, -0.15) is 14.6 Å². The van der Waals surface area contributed by atoms with Gasteiger partial charge in [0.15, 0.2) is 0 Å². The summed E-state index contributed by atoms with van der Waals surface area (Å²) < 4.78 is 16.3. The summed E-state index contributed by atoms with van der Waals surface area (Å²) >= 11 is 3.25. The zero-order chi connectivity index (χ0) is 15.0. The summed E-state index contributed by atoms with van der Waals surface area (Å²) in [5.41, 5.74) is 2.23. The fourth-order valence-corrected chi connectivity index (χ4v) is 2.59. The van der Waals surface area contributed by atoms with Gasteiger partial charge in [-0.3, -0.25) is 0 Å². The lowest BCUT2D eigenvalue weighted by atomic mass is 10.1. The lowest BCUT2D eigenvalue weighted by Gasteiger charge is -2.14. The molecule has 0 saturated heterocycles. The van der Waals surface area contributed by atoms with Crippen molar-refractivity contribution in [2.45, 2.75) is 20.3 Å². The van der Waals surface area contributed by atoms with E-state index in [1.807, 2.05) is 13.8 Å². The fraction of sp³-hybridized carbons (Fsp3) is 0.214. The number of hydrogen-bond acceptors (Lipinski definition) is 4. The van der Waals surface area contributed by atoms with Gasteiger partial charge < -0.3 is 5.32 Å². The van der Waals surface area contributed by atoms with Crippen molar-refractivity contribution in [1.29, 1.82) is 0 Å². The van der Waals surface area contributed by atoms with Gasteiger partial charge in [-0.15, -0.1) is 0 Å². The molecule has 1 N–H and O–H groups in total. The molecule has 2 heterocycles. The van der Waals surface area contributed by atoms with Crippen molar-refractivity contribution in [2.75, 3.05) is 5.32 Å². The number of aryl methyl sites for hydroxylation is 1. The van der Waals surface area contributed by atoms with Crippen LogP contribution >= 0.6 is 15.9 Å². The third-order valence-electron chi connectivity index (χ3n) is 3.27. The van der Waals surface area contributed by atoms with Gasteiger partial charge in [-0.25, -0.2) is 9.37 Å². The van der Waals surface area contributed by atoms with Crippen molar-refractivity contribution >= 4 is 33.2 Å². The minimum absolute atomic E-state index is 0.339. The zero-order valence-electron chi connectivity index (χ0n) is 11.6. The van der Waals surface area contributed by atoms with E-state index in [2.05, 4.69) is 36.3 Å². The van der Waals surface area contributed by atoms with Crippen LogP contribution < -0.4 is 5.32 Å². The molecule has 0 amide bonds.